The fraction of sp³-hybridized carbons (Fsp3) is 0.455. The van der Waals surface area contributed by atoms with Crippen LogP contribution in [0.3, 0.4) is 0 Å². The number of carbonyl (C=O) groups is 1. The molecule has 0 saturated heterocycles. The Bertz CT molecular complexity index is 504. The number of nitrogens with zero attached hydrogens (tertiary/aromatic N) is 1. The van der Waals surface area contributed by atoms with Gasteiger partial charge in [0.2, 0.25) is 0 Å². The minimum Gasteiger partial charge on any atom is -0.466 e. The first kappa shape index (κ1) is 17.1. The van der Waals surface area contributed by atoms with Crippen molar-refractivity contribution in [3.05, 3.63) is 26.6 Å². The average molecular weight is 409 g/mol. The molecule has 1 aromatic rings. The van der Waals surface area contributed by atoms with Gasteiger partial charge in [-0.1, -0.05) is 0 Å². The Morgan fingerprint density at radius 2 is 2.05 bits per heavy atom. The third-order valence-electron chi connectivity index (χ3n) is 2.25. The van der Waals surface area contributed by atoms with E-state index in [0.717, 1.165) is 0 Å². The van der Waals surface area contributed by atoms with Crippen LogP contribution in [0, 0.1) is 3.70 Å². The summed E-state index contributed by atoms with van der Waals surface area (Å²) in [7, 11) is 0. The van der Waals surface area contributed by atoms with E-state index in [2.05, 4.69) is 9.72 Å². The highest BCUT2D eigenvalue weighted by molar-refractivity contribution is 14.1. The van der Waals surface area contributed by atoms with Gasteiger partial charge in [-0.3, -0.25) is 4.79 Å². The van der Waals surface area contributed by atoms with Crippen LogP contribution in [0.15, 0.2) is 6.07 Å². The lowest BCUT2D eigenvalue weighted by Gasteiger charge is -2.14. The second kappa shape index (κ2) is 6.64. The first-order chi connectivity index (χ1) is 9.16. The maximum absolute atomic E-state index is 12.8. The summed E-state index contributed by atoms with van der Waals surface area (Å²) >= 11 is 1.29. The van der Waals surface area contributed by atoms with Gasteiger partial charge in [0, 0.05) is 5.56 Å². The quantitative estimate of drug-likeness (QED) is 0.329. The lowest BCUT2D eigenvalue weighted by atomic mass is 10.1. The fourth-order valence-electron chi connectivity index (χ4n) is 1.42. The molecule has 9 heteroatoms. The smallest absolute Gasteiger partial charge is 0.418 e. The second-order valence-electron chi connectivity index (χ2n) is 3.64. The first-order valence-electron chi connectivity index (χ1n) is 5.37. The Labute approximate surface area is 124 Å². The second-order valence-corrected chi connectivity index (χ2v) is 4.66. The van der Waals surface area contributed by atoms with E-state index in [1.54, 1.807) is 0 Å². The van der Waals surface area contributed by atoms with Gasteiger partial charge in [0.1, 0.15) is 3.70 Å². The Morgan fingerprint density at radius 1 is 1.45 bits per heavy atom. The number of alkyl halides is 5. The van der Waals surface area contributed by atoms with Crippen molar-refractivity contribution in [3.63, 3.8) is 0 Å². The van der Waals surface area contributed by atoms with Crippen molar-refractivity contribution in [2.75, 3.05) is 6.61 Å². The van der Waals surface area contributed by atoms with Crippen molar-refractivity contribution < 1.29 is 31.5 Å². The van der Waals surface area contributed by atoms with Crippen LogP contribution in [0.25, 0.3) is 0 Å². The minimum absolute atomic E-state index is 0.0422. The molecule has 1 rings (SSSR count). The standard InChI is InChI=1S/C11H9F5INO2/c1-2-20-8(19)4-7-5(9(12)13)3-6(10(17)18-7)11(14,15)16/h3,9H,2,4H2,1H3. The van der Waals surface area contributed by atoms with Gasteiger partial charge < -0.3 is 4.74 Å². The zero-order chi connectivity index (χ0) is 15.5. The third kappa shape index (κ3) is 4.25. The van der Waals surface area contributed by atoms with Crippen LogP contribution >= 0.6 is 22.6 Å². The molecular formula is C11H9F5INO2. The molecule has 0 atom stereocenters. The van der Waals surface area contributed by atoms with E-state index >= 15 is 0 Å². The van der Waals surface area contributed by atoms with Crippen molar-refractivity contribution in [1.29, 1.82) is 0 Å². The number of carbonyl (C=O) groups excluding carboxylic acids is 1. The molecule has 0 aliphatic rings. The molecule has 0 spiro atoms. The van der Waals surface area contributed by atoms with Gasteiger partial charge in [-0.25, -0.2) is 13.8 Å². The van der Waals surface area contributed by atoms with Crippen LogP contribution in [0.5, 0.6) is 0 Å². The molecule has 0 bridgehead atoms. The maximum atomic E-state index is 12.8. The molecule has 0 aliphatic carbocycles. The summed E-state index contributed by atoms with van der Waals surface area (Å²) in [6.07, 6.45) is -8.54. The normalized spacial score (nSPS) is 11.8. The topological polar surface area (TPSA) is 39.2 Å². The summed E-state index contributed by atoms with van der Waals surface area (Å²) in [5.74, 6) is -0.822. The van der Waals surface area contributed by atoms with Crippen LogP contribution in [0.1, 0.15) is 30.2 Å². The number of esters is 1. The first-order valence-corrected chi connectivity index (χ1v) is 6.45. The van der Waals surface area contributed by atoms with E-state index in [0.29, 0.717) is 6.07 Å². The van der Waals surface area contributed by atoms with Crippen molar-refractivity contribution in [1.82, 2.24) is 4.98 Å². The minimum atomic E-state index is -4.78. The molecular weight excluding hydrogens is 400 g/mol. The molecule has 0 N–H and O–H groups in total. The van der Waals surface area contributed by atoms with Gasteiger partial charge in [0.15, 0.2) is 0 Å². The highest BCUT2D eigenvalue weighted by atomic mass is 127. The maximum Gasteiger partial charge on any atom is 0.418 e. The molecule has 0 amide bonds. The molecule has 3 nitrogen and oxygen atoms in total. The Morgan fingerprint density at radius 3 is 2.50 bits per heavy atom. The van der Waals surface area contributed by atoms with E-state index < -0.39 is 45.5 Å². The third-order valence-corrected chi connectivity index (χ3v) is 3.07. The van der Waals surface area contributed by atoms with E-state index in [4.69, 9.17) is 0 Å². The lowest BCUT2D eigenvalue weighted by Crippen LogP contribution is -2.16. The highest BCUT2D eigenvalue weighted by Gasteiger charge is 2.36. The Kier molecular flexibility index (Phi) is 5.66. The number of ether oxygens (including phenoxy) is 1. The van der Waals surface area contributed by atoms with Gasteiger partial charge in [-0.05, 0) is 35.6 Å². The average Bonchev–Trinajstić information content (AvgIpc) is 2.26. The summed E-state index contributed by atoms with van der Waals surface area (Å²) in [5, 5.41) is 0. The Hall–Kier alpha value is -1.00. The van der Waals surface area contributed by atoms with E-state index in [1.165, 1.54) is 29.5 Å². The van der Waals surface area contributed by atoms with Gasteiger partial charge in [0.05, 0.1) is 24.3 Å². The van der Waals surface area contributed by atoms with E-state index in [9.17, 15) is 26.7 Å². The molecule has 0 aliphatic heterocycles. The molecule has 112 valence electrons. The van der Waals surface area contributed by atoms with Crippen LogP contribution in [-0.4, -0.2) is 17.6 Å². The predicted octanol–water partition coefficient (Wildman–Crippen LogP) is 3.75. The summed E-state index contributed by atoms with van der Waals surface area (Å²) in [5.41, 5.74) is -2.57. The largest absolute Gasteiger partial charge is 0.466 e. The van der Waals surface area contributed by atoms with Crippen LogP contribution < -0.4 is 0 Å². The molecule has 0 unspecified atom stereocenters. The van der Waals surface area contributed by atoms with Gasteiger partial charge in [-0.15, -0.1) is 0 Å². The summed E-state index contributed by atoms with van der Waals surface area (Å²) in [6.45, 7) is 1.57. The van der Waals surface area contributed by atoms with E-state index in [-0.39, 0.29) is 6.61 Å². The molecule has 1 heterocycles. The van der Waals surface area contributed by atoms with Crippen molar-refractivity contribution in [2.24, 2.45) is 0 Å². The number of hydrogen-bond donors (Lipinski definition) is 0. The predicted molar refractivity (Wildman–Crippen MR) is 67.2 cm³/mol. The van der Waals surface area contributed by atoms with E-state index in [1.807, 2.05) is 0 Å². The molecule has 0 fully saturated rings. The molecule has 0 saturated carbocycles. The van der Waals surface area contributed by atoms with Crippen LogP contribution in [-0.2, 0) is 22.1 Å². The number of halogens is 6. The SMILES string of the molecule is CCOC(=O)Cc1nc(I)c(C(F)(F)F)cc1C(F)F. The van der Waals surface area contributed by atoms with Crippen LogP contribution in [0.2, 0.25) is 0 Å². The number of aromatic nitrogens is 1. The van der Waals surface area contributed by atoms with Crippen molar-refractivity contribution in [2.45, 2.75) is 25.9 Å². The Balaban J connectivity index is 3.25. The number of pyridine rings is 1. The number of hydrogen-bond acceptors (Lipinski definition) is 3. The number of rotatable bonds is 4. The zero-order valence-electron chi connectivity index (χ0n) is 10.1. The lowest BCUT2D eigenvalue weighted by molar-refractivity contribution is -0.142. The summed E-state index contributed by atoms with van der Waals surface area (Å²) < 4.78 is 67.6. The summed E-state index contributed by atoms with van der Waals surface area (Å²) in [6, 6.07) is 0.327. The van der Waals surface area contributed by atoms with Gasteiger partial charge >= 0.3 is 12.1 Å². The van der Waals surface area contributed by atoms with Gasteiger partial charge in [0.25, 0.3) is 6.43 Å². The molecule has 0 aromatic carbocycles. The summed E-state index contributed by atoms with van der Waals surface area (Å²) in [4.78, 5) is 14.7. The highest BCUT2D eigenvalue weighted by Crippen LogP contribution is 2.35. The van der Waals surface area contributed by atoms with Crippen molar-refractivity contribution in [3.8, 4) is 0 Å². The van der Waals surface area contributed by atoms with Crippen molar-refractivity contribution >= 4 is 28.6 Å². The molecule has 20 heavy (non-hydrogen) atoms. The molecule has 1 aromatic heterocycles. The van der Waals surface area contributed by atoms with Gasteiger partial charge in [-0.2, -0.15) is 13.2 Å². The fourth-order valence-corrected chi connectivity index (χ4v) is 2.17. The monoisotopic (exact) mass is 409 g/mol. The molecule has 0 radical (unpaired) electrons. The van der Waals surface area contributed by atoms with Crippen LogP contribution in [0.4, 0.5) is 22.0 Å². The zero-order valence-corrected chi connectivity index (χ0v) is 12.3.